The zero-order valence-electron chi connectivity index (χ0n) is 12.0. The molecule has 0 radical (unpaired) electrons. The minimum absolute atomic E-state index is 0.0123. The van der Waals surface area contributed by atoms with Crippen LogP contribution < -0.4 is 0 Å². The van der Waals surface area contributed by atoms with Gasteiger partial charge in [-0.15, -0.1) is 0 Å². The molecule has 0 amide bonds. The summed E-state index contributed by atoms with van der Waals surface area (Å²) in [5.41, 5.74) is 0. The van der Waals surface area contributed by atoms with Gasteiger partial charge in [-0.1, -0.05) is 6.92 Å². The summed E-state index contributed by atoms with van der Waals surface area (Å²) in [4.78, 5) is 15.4. The van der Waals surface area contributed by atoms with E-state index in [0.717, 1.165) is 18.8 Å². The monoisotopic (exact) mass is 266 g/mol. The van der Waals surface area contributed by atoms with Gasteiger partial charge in [-0.05, 0) is 39.1 Å². The molecule has 19 heavy (non-hydrogen) atoms. The Balaban J connectivity index is 2.08. The zero-order valence-corrected chi connectivity index (χ0v) is 12.0. The molecule has 1 aromatic rings. The number of furan rings is 1. The molecule has 0 spiro atoms. The number of rotatable bonds is 4. The third kappa shape index (κ3) is 2.82. The Labute approximate surface area is 113 Å². The average molecular weight is 266 g/mol. The summed E-state index contributed by atoms with van der Waals surface area (Å²) in [6.45, 7) is 6.31. The number of aromatic carboxylic acids is 1. The number of hydrogen-bond donors (Lipinski definition) is 1. The van der Waals surface area contributed by atoms with Crippen LogP contribution in [0.15, 0.2) is 16.5 Å². The van der Waals surface area contributed by atoms with Gasteiger partial charge in [0.25, 0.3) is 0 Å². The van der Waals surface area contributed by atoms with Crippen molar-refractivity contribution in [2.45, 2.75) is 25.9 Å². The first-order valence-corrected chi connectivity index (χ1v) is 6.63. The molecule has 1 aliphatic rings. The smallest absolute Gasteiger partial charge is 0.371 e. The van der Waals surface area contributed by atoms with E-state index in [0.29, 0.717) is 12.0 Å². The van der Waals surface area contributed by atoms with Crippen LogP contribution in [0.25, 0.3) is 0 Å². The molecular weight excluding hydrogens is 244 g/mol. The fraction of sp³-hybridized carbons (Fsp3) is 0.643. The molecule has 3 unspecified atom stereocenters. The lowest BCUT2D eigenvalue weighted by molar-refractivity contribution is 0.0656. The molecule has 2 rings (SSSR count). The quantitative estimate of drug-likeness (QED) is 0.902. The van der Waals surface area contributed by atoms with Crippen LogP contribution in [0, 0.1) is 5.92 Å². The van der Waals surface area contributed by atoms with Crippen LogP contribution in [-0.2, 0) is 0 Å². The predicted molar refractivity (Wildman–Crippen MR) is 72.3 cm³/mol. The summed E-state index contributed by atoms with van der Waals surface area (Å²) < 4.78 is 5.40. The summed E-state index contributed by atoms with van der Waals surface area (Å²) in [6.07, 6.45) is 0. The Morgan fingerprint density at radius 3 is 2.63 bits per heavy atom. The van der Waals surface area contributed by atoms with Gasteiger partial charge in [0.05, 0.1) is 6.04 Å². The van der Waals surface area contributed by atoms with Crippen LogP contribution in [-0.4, -0.2) is 54.1 Å². The third-order valence-corrected chi connectivity index (χ3v) is 4.06. The highest BCUT2D eigenvalue weighted by Crippen LogP contribution is 2.30. The molecule has 0 aliphatic carbocycles. The molecule has 0 bridgehead atoms. The number of nitrogens with zero attached hydrogens (tertiary/aromatic N) is 2. The fourth-order valence-electron chi connectivity index (χ4n) is 2.85. The highest BCUT2D eigenvalue weighted by Gasteiger charge is 2.34. The third-order valence-electron chi connectivity index (χ3n) is 4.06. The predicted octanol–water partition coefficient (Wildman–Crippen LogP) is 1.92. The standard InChI is InChI=1S/C14H22N2O3/c1-9-7-16(8-11(9)15(3)4)10(2)12-5-6-13(19-12)14(17)18/h5-6,9-11H,7-8H2,1-4H3,(H,17,18). The van der Waals surface area contributed by atoms with Crippen molar-refractivity contribution in [2.24, 2.45) is 5.92 Å². The molecule has 0 saturated carbocycles. The molecule has 2 heterocycles. The maximum absolute atomic E-state index is 10.8. The number of likely N-dealkylation sites (N-methyl/N-ethyl adjacent to an activating group) is 1. The van der Waals surface area contributed by atoms with E-state index in [2.05, 4.69) is 37.7 Å². The van der Waals surface area contributed by atoms with Crippen molar-refractivity contribution < 1.29 is 14.3 Å². The van der Waals surface area contributed by atoms with Gasteiger partial charge in [-0.3, -0.25) is 4.90 Å². The van der Waals surface area contributed by atoms with Crippen molar-refractivity contribution in [1.29, 1.82) is 0 Å². The zero-order chi connectivity index (χ0) is 14.2. The van der Waals surface area contributed by atoms with E-state index in [1.54, 1.807) is 6.07 Å². The van der Waals surface area contributed by atoms with Gasteiger partial charge in [0.1, 0.15) is 5.76 Å². The van der Waals surface area contributed by atoms with Crippen LogP contribution in [0.1, 0.15) is 36.2 Å². The summed E-state index contributed by atoms with van der Waals surface area (Å²) in [5.74, 6) is 0.327. The fourth-order valence-corrected chi connectivity index (χ4v) is 2.85. The molecule has 1 saturated heterocycles. The number of carbonyl (C=O) groups is 1. The molecule has 5 heteroatoms. The summed E-state index contributed by atoms with van der Waals surface area (Å²) in [7, 11) is 4.20. The minimum Gasteiger partial charge on any atom is -0.475 e. The highest BCUT2D eigenvalue weighted by molar-refractivity contribution is 5.84. The molecule has 5 nitrogen and oxygen atoms in total. The Hall–Kier alpha value is -1.33. The van der Waals surface area contributed by atoms with Gasteiger partial charge in [-0.2, -0.15) is 0 Å². The van der Waals surface area contributed by atoms with Gasteiger partial charge in [0, 0.05) is 19.1 Å². The first-order chi connectivity index (χ1) is 8.90. The van der Waals surface area contributed by atoms with Crippen LogP contribution in [0.3, 0.4) is 0 Å². The first-order valence-electron chi connectivity index (χ1n) is 6.63. The lowest BCUT2D eigenvalue weighted by Crippen LogP contribution is -2.34. The Bertz CT molecular complexity index is 455. The van der Waals surface area contributed by atoms with Crippen molar-refractivity contribution in [2.75, 3.05) is 27.2 Å². The van der Waals surface area contributed by atoms with Crippen molar-refractivity contribution in [3.05, 3.63) is 23.7 Å². The second kappa shape index (κ2) is 5.35. The number of carboxylic acids is 1. The van der Waals surface area contributed by atoms with Crippen LogP contribution in [0.4, 0.5) is 0 Å². The number of likely N-dealkylation sites (tertiary alicyclic amines) is 1. The maximum Gasteiger partial charge on any atom is 0.371 e. The lowest BCUT2D eigenvalue weighted by Gasteiger charge is -2.24. The van der Waals surface area contributed by atoms with Gasteiger partial charge < -0.3 is 14.4 Å². The molecule has 0 aromatic carbocycles. The van der Waals surface area contributed by atoms with Crippen LogP contribution in [0.5, 0.6) is 0 Å². The van der Waals surface area contributed by atoms with E-state index in [1.807, 2.05) is 0 Å². The average Bonchev–Trinajstić information content (AvgIpc) is 2.94. The molecule has 1 aromatic heterocycles. The second-order valence-corrected chi connectivity index (χ2v) is 5.65. The van der Waals surface area contributed by atoms with Crippen LogP contribution in [0.2, 0.25) is 0 Å². The van der Waals surface area contributed by atoms with E-state index in [-0.39, 0.29) is 11.8 Å². The van der Waals surface area contributed by atoms with Crippen molar-refractivity contribution in [3.63, 3.8) is 0 Å². The summed E-state index contributed by atoms with van der Waals surface area (Å²) >= 11 is 0. The van der Waals surface area contributed by atoms with Crippen molar-refractivity contribution in [1.82, 2.24) is 9.80 Å². The molecule has 3 atom stereocenters. The topological polar surface area (TPSA) is 56.9 Å². The van der Waals surface area contributed by atoms with E-state index >= 15 is 0 Å². The highest BCUT2D eigenvalue weighted by atomic mass is 16.4. The SMILES string of the molecule is CC1CN(C(C)c2ccc(C(=O)O)o2)CC1N(C)C. The van der Waals surface area contributed by atoms with Crippen molar-refractivity contribution in [3.8, 4) is 0 Å². The normalized spacial score (nSPS) is 25.9. The Morgan fingerprint density at radius 1 is 1.47 bits per heavy atom. The molecular formula is C14H22N2O3. The van der Waals surface area contributed by atoms with Crippen molar-refractivity contribution >= 4 is 5.97 Å². The number of carboxylic acid groups (broad SMARTS) is 1. The molecule has 1 aliphatic heterocycles. The van der Waals surface area contributed by atoms with E-state index in [9.17, 15) is 4.79 Å². The summed E-state index contributed by atoms with van der Waals surface area (Å²) in [6, 6.07) is 3.94. The van der Waals surface area contributed by atoms with E-state index in [4.69, 9.17) is 9.52 Å². The number of hydrogen-bond acceptors (Lipinski definition) is 4. The van der Waals surface area contributed by atoms with Gasteiger partial charge >= 0.3 is 5.97 Å². The first kappa shape index (κ1) is 14.1. The Morgan fingerprint density at radius 2 is 2.16 bits per heavy atom. The largest absolute Gasteiger partial charge is 0.475 e. The van der Waals surface area contributed by atoms with Gasteiger partial charge in [0.2, 0.25) is 5.76 Å². The van der Waals surface area contributed by atoms with E-state index in [1.165, 1.54) is 6.07 Å². The minimum atomic E-state index is -1.01. The molecule has 106 valence electrons. The maximum atomic E-state index is 10.8. The second-order valence-electron chi connectivity index (χ2n) is 5.65. The van der Waals surface area contributed by atoms with Crippen LogP contribution >= 0.6 is 0 Å². The Kier molecular flexibility index (Phi) is 3.96. The van der Waals surface area contributed by atoms with Gasteiger partial charge in [0.15, 0.2) is 0 Å². The van der Waals surface area contributed by atoms with Gasteiger partial charge in [-0.25, -0.2) is 4.79 Å². The summed E-state index contributed by atoms with van der Waals surface area (Å²) in [5, 5.41) is 8.89. The van der Waals surface area contributed by atoms with E-state index < -0.39 is 5.97 Å². The molecule has 1 fully saturated rings. The molecule has 1 N–H and O–H groups in total. The lowest BCUT2D eigenvalue weighted by atomic mass is 10.1.